The molecule has 0 saturated heterocycles. The monoisotopic (exact) mass is 715 g/mol. The van der Waals surface area contributed by atoms with Crippen LogP contribution in [0.15, 0.2) is 185 Å². The highest BCUT2D eigenvalue weighted by molar-refractivity contribution is 6.19. The smallest absolute Gasteiger partial charge is 0.164 e. The molecular formula is C51H29N3O2. The summed E-state index contributed by atoms with van der Waals surface area (Å²) in [6.45, 7) is 0. The van der Waals surface area contributed by atoms with Crippen molar-refractivity contribution in [1.82, 2.24) is 15.0 Å². The number of aromatic nitrogens is 3. The van der Waals surface area contributed by atoms with Crippen LogP contribution in [0.3, 0.4) is 0 Å². The van der Waals surface area contributed by atoms with Gasteiger partial charge in [0.25, 0.3) is 0 Å². The molecule has 0 bridgehead atoms. The van der Waals surface area contributed by atoms with Gasteiger partial charge in [0.15, 0.2) is 17.5 Å². The number of para-hydroxylation sites is 2. The number of fused-ring (bicyclic) bond motifs is 10. The average Bonchev–Trinajstić information content (AvgIpc) is 3.84. The minimum absolute atomic E-state index is 0.584. The Morgan fingerprint density at radius 2 is 0.768 bits per heavy atom. The maximum atomic E-state index is 6.29. The molecule has 0 aliphatic heterocycles. The first kappa shape index (κ1) is 30.8. The Bertz CT molecular complexity index is 3560. The third kappa shape index (κ3) is 4.84. The Balaban J connectivity index is 1.05. The lowest BCUT2D eigenvalue weighted by molar-refractivity contribution is 0.668. The second kappa shape index (κ2) is 11.9. The highest BCUT2D eigenvalue weighted by Crippen LogP contribution is 2.39. The van der Waals surface area contributed by atoms with Gasteiger partial charge in [0.1, 0.15) is 22.3 Å². The molecule has 12 rings (SSSR count). The molecular weight excluding hydrogens is 687 g/mol. The van der Waals surface area contributed by atoms with Crippen LogP contribution in [-0.2, 0) is 0 Å². The van der Waals surface area contributed by atoms with Gasteiger partial charge in [-0.25, -0.2) is 15.0 Å². The topological polar surface area (TPSA) is 65.0 Å². The maximum absolute atomic E-state index is 6.29. The SMILES string of the molecule is c1ccc2cc(-c3ccc4cc(-c5nc(-c6ccc7ccc8oc9ccccc9c8c7c6)nc(-c6cccc7oc8ccccc8c67)n5)ccc4c3)ccc2c1. The van der Waals surface area contributed by atoms with E-state index < -0.39 is 0 Å². The fraction of sp³-hybridized carbons (Fsp3) is 0. The van der Waals surface area contributed by atoms with E-state index in [0.717, 1.165) is 82.1 Å². The minimum Gasteiger partial charge on any atom is -0.456 e. The van der Waals surface area contributed by atoms with Gasteiger partial charge in [0, 0.05) is 38.2 Å². The summed E-state index contributed by atoms with van der Waals surface area (Å²) in [5.41, 5.74) is 8.41. The molecule has 0 atom stereocenters. The summed E-state index contributed by atoms with van der Waals surface area (Å²) in [6, 6.07) is 61.2. The molecule has 12 aromatic rings. The summed E-state index contributed by atoms with van der Waals surface area (Å²) in [5, 5.41) is 11.1. The van der Waals surface area contributed by atoms with Gasteiger partial charge in [-0.2, -0.15) is 0 Å². The molecule has 3 aromatic heterocycles. The summed E-state index contributed by atoms with van der Waals surface area (Å²) in [7, 11) is 0. The largest absolute Gasteiger partial charge is 0.456 e. The lowest BCUT2D eigenvalue weighted by Gasteiger charge is -2.11. The number of rotatable bonds is 4. The van der Waals surface area contributed by atoms with Gasteiger partial charge in [-0.15, -0.1) is 0 Å². The molecule has 3 heterocycles. The molecule has 56 heavy (non-hydrogen) atoms. The van der Waals surface area contributed by atoms with Crippen LogP contribution in [0, 0.1) is 0 Å². The Kier molecular flexibility index (Phi) is 6.56. The number of benzene rings is 9. The highest BCUT2D eigenvalue weighted by Gasteiger charge is 2.19. The van der Waals surface area contributed by atoms with Crippen molar-refractivity contribution in [2.75, 3.05) is 0 Å². The first-order chi connectivity index (χ1) is 27.7. The molecule has 9 aromatic carbocycles. The molecule has 5 nitrogen and oxygen atoms in total. The second-order valence-corrected chi connectivity index (χ2v) is 14.4. The zero-order valence-corrected chi connectivity index (χ0v) is 29.9. The summed E-state index contributed by atoms with van der Waals surface area (Å²) < 4.78 is 12.6. The van der Waals surface area contributed by atoms with E-state index in [1.165, 1.54) is 21.9 Å². The molecule has 260 valence electrons. The van der Waals surface area contributed by atoms with E-state index in [9.17, 15) is 0 Å². The van der Waals surface area contributed by atoms with Gasteiger partial charge in [0.05, 0.1) is 0 Å². The van der Waals surface area contributed by atoms with E-state index in [1.807, 2.05) is 42.5 Å². The Morgan fingerprint density at radius 3 is 1.50 bits per heavy atom. The molecule has 0 aliphatic rings. The zero-order chi connectivity index (χ0) is 36.7. The zero-order valence-electron chi connectivity index (χ0n) is 29.9. The Labute approximate surface area is 320 Å². The van der Waals surface area contributed by atoms with Crippen molar-refractivity contribution >= 4 is 76.2 Å². The first-order valence-electron chi connectivity index (χ1n) is 18.7. The summed E-state index contributed by atoms with van der Waals surface area (Å²) in [4.78, 5) is 15.6. The van der Waals surface area contributed by atoms with Crippen LogP contribution in [0.1, 0.15) is 0 Å². The van der Waals surface area contributed by atoms with E-state index in [2.05, 4.69) is 133 Å². The molecule has 0 spiro atoms. The van der Waals surface area contributed by atoms with E-state index in [4.69, 9.17) is 23.8 Å². The number of furan rings is 2. The summed E-state index contributed by atoms with van der Waals surface area (Å²) >= 11 is 0. The Hall–Kier alpha value is -7.63. The fourth-order valence-electron chi connectivity index (χ4n) is 8.33. The van der Waals surface area contributed by atoms with E-state index in [-0.39, 0.29) is 0 Å². The minimum atomic E-state index is 0.584. The van der Waals surface area contributed by atoms with Crippen LogP contribution in [-0.4, -0.2) is 15.0 Å². The van der Waals surface area contributed by atoms with E-state index in [1.54, 1.807) is 0 Å². The van der Waals surface area contributed by atoms with Crippen molar-refractivity contribution in [1.29, 1.82) is 0 Å². The van der Waals surface area contributed by atoms with Gasteiger partial charge in [-0.05, 0) is 92.0 Å². The number of nitrogens with zero attached hydrogens (tertiary/aromatic N) is 3. The van der Waals surface area contributed by atoms with Crippen LogP contribution in [0.25, 0.3) is 121 Å². The lowest BCUT2D eigenvalue weighted by atomic mass is 9.98. The molecule has 0 fully saturated rings. The van der Waals surface area contributed by atoms with E-state index in [0.29, 0.717) is 17.5 Å². The van der Waals surface area contributed by atoms with Crippen LogP contribution >= 0.6 is 0 Å². The quantitative estimate of drug-likeness (QED) is 0.181. The van der Waals surface area contributed by atoms with Crippen molar-refractivity contribution in [2.24, 2.45) is 0 Å². The predicted octanol–water partition coefficient (Wildman–Crippen LogP) is 13.8. The predicted molar refractivity (Wildman–Crippen MR) is 229 cm³/mol. The Morgan fingerprint density at radius 1 is 0.286 bits per heavy atom. The number of hydrogen-bond donors (Lipinski definition) is 0. The third-order valence-electron chi connectivity index (χ3n) is 11.1. The van der Waals surface area contributed by atoms with Crippen LogP contribution in [0.4, 0.5) is 0 Å². The first-order valence-corrected chi connectivity index (χ1v) is 18.7. The molecule has 0 radical (unpaired) electrons. The molecule has 0 saturated carbocycles. The van der Waals surface area contributed by atoms with Crippen LogP contribution < -0.4 is 0 Å². The van der Waals surface area contributed by atoms with Gasteiger partial charge < -0.3 is 8.83 Å². The highest BCUT2D eigenvalue weighted by atomic mass is 16.3. The van der Waals surface area contributed by atoms with Crippen molar-refractivity contribution in [3.8, 4) is 45.3 Å². The standard InChI is InChI=1S/C51H29N3O2/c1-2-9-32-26-33(18-16-30(32)8-1)34-19-20-36-28-37(23-21-35(36)27-34)49-52-50(54-51(53-49)41-12-7-15-45-47(41)39-10-3-5-13-43(39)55-45)38-22-17-31-24-25-46-48(42(31)29-38)40-11-4-6-14-44(40)56-46/h1-29H. The summed E-state index contributed by atoms with van der Waals surface area (Å²) in [5.74, 6) is 1.77. The molecule has 0 N–H and O–H groups in total. The third-order valence-corrected chi connectivity index (χ3v) is 11.1. The normalized spacial score (nSPS) is 11.9. The van der Waals surface area contributed by atoms with Crippen molar-refractivity contribution in [3.63, 3.8) is 0 Å². The number of hydrogen-bond acceptors (Lipinski definition) is 5. The molecule has 0 aliphatic carbocycles. The van der Waals surface area contributed by atoms with Crippen molar-refractivity contribution in [2.45, 2.75) is 0 Å². The van der Waals surface area contributed by atoms with Gasteiger partial charge in [0.2, 0.25) is 0 Å². The van der Waals surface area contributed by atoms with Crippen molar-refractivity contribution in [3.05, 3.63) is 176 Å². The molecule has 5 heteroatoms. The van der Waals surface area contributed by atoms with Crippen LogP contribution in [0.5, 0.6) is 0 Å². The molecule has 0 amide bonds. The fourth-order valence-corrected chi connectivity index (χ4v) is 8.33. The average molecular weight is 716 g/mol. The molecule has 0 unspecified atom stereocenters. The second-order valence-electron chi connectivity index (χ2n) is 14.4. The van der Waals surface area contributed by atoms with Gasteiger partial charge >= 0.3 is 0 Å². The van der Waals surface area contributed by atoms with Crippen molar-refractivity contribution < 1.29 is 8.83 Å². The van der Waals surface area contributed by atoms with Crippen LogP contribution in [0.2, 0.25) is 0 Å². The van der Waals surface area contributed by atoms with E-state index >= 15 is 0 Å². The summed E-state index contributed by atoms with van der Waals surface area (Å²) in [6.07, 6.45) is 0. The van der Waals surface area contributed by atoms with Gasteiger partial charge in [-0.3, -0.25) is 0 Å². The maximum Gasteiger partial charge on any atom is 0.164 e. The lowest BCUT2D eigenvalue weighted by Crippen LogP contribution is -2.00. The van der Waals surface area contributed by atoms with Gasteiger partial charge in [-0.1, -0.05) is 127 Å².